The summed E-state index contributed by atoms with van der Waals surface area (Å²) < 4.78 is 29.7. The molecule has 4 rings (SSSR count). The standard InChI is InChI=1S/C18H23N3O4S/c1-2-7-20-8-9-21(16-12-26(23,24)11-15(16)20)18(22)10-14-13-5-3-4-6-17(13)25-19-14/h3-6,15-16H,2,7-12H2,1H3/t15-,16+/m1/s1. The van der Waals surface area contributed by atoms with E-state index in [0.29, 0.717) is 17.8 Å². The number of amides is 1. The predicted octanol–water partition coefficient (Wildman–Crippen LogP) is 1.09. The van der Waals surface area contributed by atoms with Gasteiger partial charge in [-0.2, -0.15) is 0 Å². The van der Waals surface area contributed by atoms with Crippen LogP contribution in [0.2, 0.25) is 0 Å². The lowest BCUT2D eigenvalue weighted by Crippen LogP contribution is -2.60. The lowest BCUT2D eigenvalue weighted by atomic mass is 10.0. The first-order valence-electron chi connectivity index (χ1n) is 9.06. The third-order valence-corrected chi connectivity index (χ3v) is 7.09. The third-order valence-electron chi connectivity index (χ3n) is 5.39. The van der Waals surface area contributed by atoms with Gasteiger partial charge >= 0.3 is 0 Å². The van der Waals surface area contributed by atoms with Crippen molar-refractivity contribution >= 4 is 26.7 Å². The molecule has 2 fully saturated rings. The van der Waals surface area contributed by atoms with Crippen molar-refractivity contribution in [2.75, 3.05) is 31.1 Å². The zero-order chi connectivity index (χ0) is 18.3. The maximum absolute atomic E-state index is 13.0. The maximum Gasteiger partial charge on any atom is 0.229 e. The average molecular weight is 377 g/mol. The highest BCUT2D eigenvalue weighted by Crippen LogP contribution is 2.28. The van der Waals surface area contributed by atoms with Gasteiger partial charge in [-0.1, -0.05) is 24.2 Å². The number of para-hydroxylation sites is 1. The lowest BCUT2D eigenvalue weighted by molar-refractivity contribution is -0.136. The van der Waals surface area contributed by atoms with Crippen LogP contribution in [0.4, 0.5) is 0 Å². The molecule has 7 nitrogen and oxygen atoms in total. The second kappa shape index (κ2) is 6.66. The molecule has 2 saturated heterocycles. The highest BCUT2D eigenvalue weighted by molar-refractivity contribution is 7.91. The number of carbonyl (C=O) groups is 1. The van der Waals surface area contributed by atoms with E-state index in [1.807, 2.05) is 24.3 Å². The Kier molecular flexibility index (Phi) is 4.48. The van der Waals surface area contributed by atoms with Crippen molar-refractivity contribution in [1.29, 1.82) is 0 Å². The van der Waals surface area contributed by atoms with Gasteiger partial charge in [0.1, 0.15) is 5.69 Å². The van der Waals surface area contributed by atoms with Gasteiger partial charge in [0, 0.05) is 24.5 Å². The van der Waals surface area contributed by atoms with Crippen molar-refractivity contribution in [3.8, 4) is 0 Å². The van der Waals surface area contributed by atoms with E-state index in [0.717, 1.165) is 24.9 Å². The molecule has 2 aliphatic rings. The molecular formula is C18H23N3O4S. The van der Waals surface area contributed by atoms with E-state index in [-0.39, 0.29) is 35.9 Å². The van der Waals surface area contributed by atoms with Gasteiger partial charge in [0.05, 0.1) is 24.0 Å². The summed E-state index contributed by atoms with van der Waals surface area (Å²) in [5, 5.41) is 4.87. The smallest absolute Gasteiger partial charge is 0.229 e. The molecule has 2 aliphatic heterocycles. The molecule has 1 amide bonds. The van der Waals surface area contributed by atoms with Crippen LogP contribution in [0.15, 0.2) is 28.8 Å². The topological polar surface area (TPSA) is 83.7 Å². The first-order valence-corrected chi connectivity index (χ1v) is 10.9. The molecule has 1 aromatic heterocycles. The summed E-state index contributed by atoms with van der Waals surface area (Å²) in [5.41, 5.74) is 1.27. The molecule has 8 heteroatoms. The van der Waals surface area contributed by atoms with Crippen LogP contribution in [-0.2, 0) is 21.1 Å². The van der Waals surface area contributed by atoms with Crippen molar-refractivity contribution in [2.45, 2.75) is 31.8 Å². The number of carbonyl (C=O) groups excluding carboxylic acids is 1. The van der Waals surface area contributed by atoms with Gasteiger partial charge in [-0.05, 0) is 25.1 Å². The molecule has 0 radical (unpaired) electrons. The van der Waals surface area contributed by atoms with E-state index in [1.165, 1.54) is 0 Å². The van der Waals surface area contributed by atoms with Gasteiger partial charge in [0.15, 0.2) is 15.4 Å². The number of piperazine rings is 1. The van der Waals surface area contributed by atoms with Crippen LogP contribution in [0, 0.1) is 0 Å². The summed E-state index contributed by atoms with van der Waals surface area (Å²) in [7, 11) is -3.11. The summed E-state index contributed by atoms with van der Waals surface area (Å²) in [6, 6.07) is 7.10. The second-order valence-electron chi connectivity index (χ2n) is 7.14. The van der Waals surface area contributed by atoms with Crippen molar-refractivity contribution in [3.63, 3.8) is 0 Å². The number of fused-ring (bicyclic) bond motifs is 2. The molecule has 0 bridgehead atoms. The lowest BCUT2D eigenvalue weighted by Gasteiger charge is -2.43. The van der Waals surface area contributed by atoms with Gasteiger partial charge < -0.3 is 9.42 Å². The van der Waals surface area contributed by atoms with Gasteiger partial charge in [-0.15, -0.1) is 0 Å². The van der Waals surface area contributed by atoms with Crippen molar-refractivity contribution in [1.82, 2.24) is 15.0 Å². The summed E-state index contributed by atoms with van der Waals surface area (Å²) in [4.78, 5) is 16.9. The molecule has 1 aromatic carbocycles. The highest BCUT2D eigenvalue weighted by atomic mass is 32.2. The van der Waals surface area contributed by atoms with Crippen LogP contribution in [0.1, 0.15) is 19.0 Å². The summed E-state index contributed by atoms with van der Waals surface area (Å²) in [6.07, 6.45) is 1.11. The fourth-order valence-corrected chi connectivity index (χ4v) is 6.22. The van der Waals surface area contributed by atoms with Crippen molar-refractivity contribution in [3.05, 3.63) is 30.0 Å². The third kappa shape index (κ3) is 3.12. The number of hydrogen-bond donors (Lipinski definition) is 0. The Hall–Kier alpha value is -1.93. The number of rotatable bonds is 4. The Morgan fingerprint density at radius 1 is 1.23 bits per heavy atom. The van der Waals surface area contributed by atoms with Crippen LogP contribution in [0.25, 0.3) is 11.0 Å². The zero-order valence-corrected chi connectivity index (χ0v) is 15.6. The fraction of sp³-hybridized carbons (Fsp3) is 0.556. The van der Waals surface area contributed by atoms with E-state index < -0.39 is 9.84 Å². The maximum atomic E-state index is 13.0. The normalized spacial score (nSPS) is 25.5. The van der Waals surface area contributed by atoms with E-state index in [1.54, 1.807) is 4.90 Å². The van der Waals surface area contributed by atoms with Crippen LogP contribution in [0.5, 0.6) is 0 Å². The molecule has 2 aromatic rings. The number of hydrogen-bond acceptors (Lipinski definition) is 6. The minimum Gasteiger partial charge on any atom is -0.356 e. The Labute approximate surface area is 152 Å². The van der Waals surface area contributed by atoms with Gasteiger partial charge in [-0.25, -0.2) is 8.42 Å². The van der Waals surface area contributed by atoms with Crippen LogP contribution >= 0.6 is 0 Å². The number of aromatic nitrogens is 1. The zero-order valence-electron chi connectivity index (χ0n) is 14.8. The van der Waals surface area contributed by atoms with Gasteiger partial charge in [-0.3, -0.25) is 9.69 Å². The Bertz CT molecular complexity index is 923. The summed E-state index contributed by atoms with van der Waals surface area (Å²) in [6.45, 7) is 4.24. The largest absolute Gasteiger partial charge is 0.356 e. The Balaban J connectivity index is 1.56. The Morgan fingerprint density at radius 2 is 2.00 bits per heavy atom. The predicted molar refractivity (Wildman–Crippen MR) is 97.5 cm³/mol. The molecule has 0 aliphatic carbocycles. The monoisotopic (exact) mass is 377 g/mol. The highest BCUT2D eigenvalue weighted by Gasteiger charge is 2.47. The van der Waals surface area contributed by atoms with E-state index >= 15 is 0 Å². The minimum atomic E-state index is -3.11. The SMILES string of the molecule is CCCN1CCN(C(=O)Cc2noc3ccccc23)[C@H]2CS(=O)(=O)C[C@H]21. The van der Waals surface area contributed by atoms with Gasteiger partial charge in [0.25, 0.3) is 0 Å². The van der Waals surface area contributed by atoms with Crippen LogP contribution in [-0.4, -0.2) is 72.5 Å². The van der Waals surface area contributed by atoms with Crippen molar-refractivity contribution in [2.24, 2.45) is 0 Å². The van der Waals surface area contributed by atoms with E-state index in [2.05, 4.69) is 17.0 Å². The average Bonchev–Trinajstić information content (AvgIpc) is 3.15. The van der Waals surface area contributed by atoms with Crippen molar-refractivity contribution < 1.29 is 17.7 Å². The number of sulfone groups is 1. The van der Waals surface area contributed by atoms with Crippen LogP contribution in [0.3, 0.4) is 0 Å². The molecule has 0 unspecified atom stereocenters. The molecule has 0 spiro atoms. The summed E-state index contributed by atoms with van der Waals surface area (Å²) in [5.74, 6) is 0.129. The minimum absolute atomic E-state index is 0.0587. The molecule has 26 heavy (non-hydrogen) atoms. The Morgan fingerprint density at radius 3 is 2.81 bits per heavy atom. The fourth-order valence-electron chi connectivity index (χ4n) is 4.21. The molecule has 0 N–H and O–H groups in total. The molecule has 0 saturated carbocycles. The quantitative estimate of drug-likeness (QED) is 0.793. The molecule has 3 heterocycles. The molecule has 2 atom stereocenters. The second-order valence-corrected chi connectivity index (χ2v) is 9.29. The number of nitrogens with zero attached hydrogens (tertiary/aromatic N) is 3. The number of benzene rings is 1. The van der Waals surface area contributed by atoms with E-state index in [4.69, 9.17) is 4.52 Å². The molecule has 140 valence electrons. The van der Waals surface area contributed by atoms with E-state index in [9.17, 15) is 13.2 Å². The van der Waals surface area contributed by atoms with Gasteiger partial charge in [0.2, 0.25) is 5.91 Å². The molecular weight excluding hydrogens is 354 g/mol. The summed E-state index contributed by atoms with van der Waals surface area (Å²) >= 11 is 0. The first kappa shape index (κ1) is 17.5. The first-order chi connectivity index (χ1) is 12.5. The van der Waals surface area contributed by atoms with Crippen LogP contribution < -0.4 is 0 Å².